The molecule has 94 valence electrons. The number of nitrogens with one attached hydrogen (secondary N) is 1. The van der Waals surface area contributed by atoms with Crippen molar-refractivity contribution in [2.75, 3.05) is 5.32 Å². The van der Waals surface area contributed by atoms with E-state index in [0.29, 0.717) is 11.9 Å². The van der Waals surface area contributed by atoms with Gasteiger partial charge in [0.25, 0.3) is 0 Å². The van der Waals surface area contributed by atoms with E-state index in [-0.39, 0.29) is 5.56 Å². The van der Waals surface area contributed by atoms with Crippen LogP contribution in [-0.4, -0.2) is 22.1 Å². The standard InChI is InChI=1S/C13H20N2O2/c1-3-4-5-6-10(2)15-12-9-11(13(16)17)7-8-14-12/h7-10H,3-6H2,1-2H3,(H,14,15)(H,16,17). The molecule has 1 aromatic heterocycles. The van der Waals surface area contributed by atoms with E-state index in [1.807, 2.05) is 0 Å². The van der Waals surface area contributed by atoms with Crippen LogP contribution in [0, 0.1) is 0 Å². The second-order valence-corrected chi connectivity index (χ2v) is 4.28. The number of aromatic carboxylic acids is 1. The summed E-state index contributed by atoms with van der Waals surface area (Å²) in [4.78, 5) is 14.9. The van der Waals surface area contributed by atoms with Crippen LogP contribution in [0.2, 0.25) is 0 Å². The molecule has 0 spiro atoms. The van der Waals surface area contributed by atoms with Crippen molar-refractivity contribution < 1.29 is 9.90 Å². The van der Waals surface area contributed by atoms with Gasteiger partial charge in [-0.2, -0.15) is 0 Å². The van der Waals surface area contributed by atoms with Gasteiger partial charge in [-0.3, -0.25) is 0 Å². The second-order valence-electron chi connectivity index (χ2n) is 4.28. The Morgan fingerprint density at radius 1 is 1.53 bits per heavy atom. The lowest BCUT2D eigenvalue weighted by atomic mass is 10.1. The number of hydrogen-bond donors (Lipinski definition) is 2. The summed E-state index contributed by atoms with van der Waals surface area (Å²) in [6.07, 6.45) is 6.22. The molecule has 0 bridgehead atoms. The van der Waals surface area contributed by atoms with Gasteiger partial charge < -0.3 is 10.4 Å². The summed E-state index contributed by atoms with van der Waals surface area (Å²) in [5, 5.41) is 12.1. The number of unbranched alkanes of at least 4 members (excludes halogenated alkanes) is 2. The number of pyridine rings is 1. The molecule has 2 N–H and O–H groups in total. The first kappa shape index (κ1) is 13.5. The van der Waals surface area contributed by atoms with E-state index in [1.54, 1.807) is 6.07 Å². The van der Waals surface area contributed by atoms with Crippen LogP contribution < -0.4 is 5.32 Å². The molecule has 0 amide bonds. The number of carbonyl (C=O) groups is 1. The first-order chi connectivity index (χ1) is 8.13. The van der Waals surface area contributed by atoms with Gasteiger partial charge in [0.15, 0.2) is 0 Å². The average molecular weight is 236 g/mol. The first-order valence-corrected chi connectivity index (χ1v) is 6.09. The molecule has 4 nitrogen and oxygen atoms in total. The van der Waals surface area contributed by atoms with Gasteiger partial charge in [-0.1, -0.05) is 26.2 Å². The van der Waals surface area contributed by atoms with E-state index in [2.05, 4.69) is 24.1 Å². The minimum Gasteiger partial charge on any atom is -0.478 e. The Bertz CT molecular complexity index is 366. The van der Waals surface area contributed by atoms with Gasteiger partial charge in [0.1, 0.15) is 5.82 Å². The van der Waals surface area contributed by atoms with Crippen molar-refractivity contribution in [3.8, 4) is 0 Å². The summed E-state index contributed by atoms with van der Waals surface area (Å²) < 4.78 is 0. The molecule has 0 radical (unpaired) electrons. The molecule has 0 aliphatic rings. The Labute approximate surface area is 102 Å². The minimum atomic E-state index is -0.922. The van der Waals surface area contributed by atoms with Crippen LogP contribution in [0.3, 0.4) is 0 Å². The smallest absolute Gasteiger partial charge is 0.335 e. The third-order valence-corrected chi connectivity index (χ3v) is 2.64. The zero-order valence-corrected chi connectivity index (χ0v) is 10.4. The van der Waals surface area contributed by atoms with Gasteiger partial charge in [-0.15, -0.1) is 0 Å². The number of aromatic nitrogens is 1. The van der Waals surface area contributed by atoms with Gasteiger partial charge in [0, 0.05) is 12.2 Å². The zero-order chi connectivity index (χ0) is 12.7. The molecular weight excluding hydrogens is 216 g/mol. The number of anilines is 1. The van der Waals surface area contributed by atoms with E-state index in [0.717, 1.165) is 6.42 Å². The number of carboxylic acids is 1. The Kier molecular flexibility index (Phi) is 5.46. The molecule has 0 fully saturated rings. The van der Waals surface area contributed by atoms with E-state index < -0.39 is 5.97 Å². The molecule has 0 aliphatic carbocycles. The Balaban J connectivity index is 2.50. The van der Waals surface area contributed by atoms with Crippen LogP contribution >= 0.6 is 0 Å². The number of carboxylic acid groups (broad SMARTS) is 1. The summed E-state index contributed by atoms with van der Waals surface area (Å²) in [7, 11) is 0. The van der Waals surface area contributed by atoms with Crippen molar-refractivity contribution >= 4 is 11.8 Å². The quantitative estimate of drug-likeness (QED) is 0.714. The summed E-state index contributed by atoms with van der Waals surface area (Å²) in [6.45, 7) is 4.26. The third-order valence-electron chi connectivity index (χ3n) is 2.64. The normalized spacial score (nSPS) is 12.1. The minimum absolute atomic E-state index is 0.267. The maximum absolute atomic E-state index is 10.8. The molecule has 1 unspecified atom stereocenters. The van der Waals surface area contributed by atoms with E-state index >= 15 is 0 Å². The van der Waals surface area contributed by atoms with E-state index in [4.69, 9.17) is 5.11 Å². The molecule has 1 heterocycles. The van der Waals surface area contributed by atoms with Crippen LogP contribution in [0.15, 0.2) is 18.3 Å². The van der Waals surface area contributed by atoms with Gasteiger partial charge >= 0.3 is 5.97 Å². The van der Waals surface area contributed by atoms with Crippen LogP contribution in [0.1, 0.15) is 49.9 Å². The summed E-state index contributed by atoms with van der Waals surface area (Å²) >= 11 is 0. The van der Waals surface area contributed by atoms with Crippen molar-refractivity contribution in [2.45, 2.75) is 45.6 Å². The van der Waals surface area contributed by atoms with Gasteiger partial charge in [0.05, 0.1) is 5.56 Å². The largest absolute Gasteiger partial charge is 0.478 e. The molecule has 0 aromatic carbocycles. The van der Waals surface area contributed by atoms with Crippen molar-refractivity contribution in [1.29, 1.82) is 0 Å². The van der Waals surface area contributed by atoms with Gasteiger partial charge in [0.2, 0.25) is 0 Å². The highest BCUT2D eigenvalue weighted by molar-refractivity contribution is 5.88. The molecule has 1 atom stereocenters. The van der Waals surface area contributed by atoms with Crippen molar-refractivity contribution in [1.82, 2.24) is 4.98 Å². The second kappa shape index (κ2) is 6.89. The monoisotopic (exact) mass is 236 g/mol. The maximum atomic E-state index is 10.8. The van der Waals surface area contributed by atoms with Crippen LogP contribution in [0.5, 0.6) is 0 Å². The number of nitrogens with zero attached hydrogens (tertiary/aromatic N) is 1. The molecule has 0 saturated carbocycles. The lowest BCUT2D eigenvalue weighted by Crippen LogP contribution is -2.16. The van der Waals surface area contributed by atoms with Crippen LogP contribution in [0.25, 0.3) is 0 Å². The Morgan fingerprint density at radius 3 is 2.94 bits per heavy atom. The summed E-state index contributed by atoms with van der Waals surface area (Å²) in [5.74, 6) is -0.289. The fraction of sp³-hybridized carbons (Fsp3) is 0.538. The lowest BCUT2D eigenvalue weighted by Gasteiger charge is -2.14. The Morgan fingerprint density at radius 2 is 2.29 bits per heavy atom. The molecule has 4 heteroatoms. The zero-order valence-electron chi connectivity index (χ0n) is 10.4. The maximum Gasteiger partial charge on any atom is 0.335 e. The highest BCUT2D eigenvalue weighted by Gasteiger charge is 2.06. The predicted octanol–water partition coefficient (Wildman–Crippen LogP) is 3.16. The SMILES string of the molecule is CCCCCC(C)Nc1cc(C(=O)O)ccn1. The number of rotatable bonds is 7. The predicted molar refractivity (Wildman–Crippen MR) is 68.4 cm³/mol. The lowest BCUT2D eigenvalue weighted by molar-refractivity contribution is 0.0697. The molecule has 1 aromatic rings. The average Bonchev–Trinajstić information content (AvgIpc) is 2.29. The van der Waals surface area contributed by atoms with Crippen LogP contribution in [0.4, 0.5) is 5.82 Å². The topological polar surface area (TPSA) is 62.2 Å². The summed E-state index contributed by atoms with van der Waals surface area (Å²) in [6, 6.07) is 3.38. The first-order valence-electron chi connectivity index (χ1n) is 6.09. The summed E-state index contributed by atoms with van der Waals surface area (Å²) in [5.41, 5.74) is 0.267. The fourth-order valence-electron chi connectivity index (χ4n) is 1.67. The van der Waals surface area contributed by atoms with Crippen LogP contribution in [-0.2, 0) is 0 Å². The van der Waals surface area contributed by atoms with E-state index in [9.17, 15) is 4.79 Å². The van der Waals surface area contributed by atoms with Gasteiger partial charge in [-0.05, 0) is 25.5 Å². The van der Waals surface area contributed by atoms with Crippen molar-refractivity contribution in [3.63, 3.8) is 0 Å². The number of hydrogen-bond acceptors (Lipinski definition) is 3. The molecule has 0 aliphatic heterocycles. The van der Waals surface area contributed by atoms with Crippen molar-refractivity contribution in [3.05, 3.63) is 23.9 Å². The van der Waals surface area contributed by atoms with Gasteiger partial charge in [-0.25, -0.2) is 9.78 Å². The van der Waals surface area contributed by atoms with Crippen molar-refractivity contribution in [2.24, 2.45) is 0 Å². The molecule has 1 rings (SSSR count). The highest BCUT2D eigenvalue weighted by Crippen LogP contribution is 2.11. The Hall–Kier alpha value is -1.58. The van der Waals surface area contributed by atoms with E-state index in [1.165, 1.54) is 31.5 Å². The molecule has 17 heavy (non-hydrogen) atoms. The highest BCUT2D eigenvalue weighted by atomic mass is 16.4. The molecular formula is C13H20N2O2. The fourth-order valence-corrected chi connectivity index (χ4v) is 1.67. The third kappa shape index (κ3) is 4.85. The molecule has 0 saturated heterocycles.